The van der Waals surface area contributed by atoms with Crippen LogP contribution in [-0.4, -0.2) is 37.3 Å². The maximum Gasteiger partial charge on any atom is 0.408 e. The maximum absolute atomic E-state index is 12.0. The first kappa shape index (κ1) is 21.0. The molecular formula is C19H23NO6. The number of rotatable bonds is 11. The van der Waals surface area contributed by atoms with Gasteiger partial charge in [-0.1, -0.05) is 55.6 Å². The van der Waals surface area contributed by atoms with Crippen molar-refractivity contribution < 1.29 is 28.6 Å². The van der Waals surface area contributed by atoms with Crippen LogP contribution in [0, 0.1) is 0 Å². The van der Waals surface area contributed by atoms with E-state index in [1.165, 1.54) is 12.2 Å². The molecule has 7 nitrogen and oxygen atoms in total. The summed E-state index contributed by atoms with van der Waals surface area (Å²) in [6, 6.07) is 8.06. The van der Waals surface area contributed by atoms with Gasteiger partial charge in [0.25, 0.3) is 0 Å². The van der Waals surface area contributed by atoms with Crippen molar-refractivity contribution in [2.24, 2.45) is 0 Å². The first-order chi connectivity index (χ1) is 12.6. The Morgan fingerprint density at radius 1 is 1.00 bits per heavy atom. The second-order valence-electron chi connectivity index (χ2n) is 5.19. The summed E-state index contributed by atoms with van der Waals surface area (Å²) in [6.07, 6.45) is 2.01. The lowest BCUT2D eigenvalue weighted by atomic mass is 10.1. The van der Waals surface area contributed by atoms with Gasteiger partial charge in [0.1, 0.15) is 25.9 Å². The molecule has 1 N–H and O–H groups in total. The number of alkyl carbamates (subject to hydrolysis) is 1. The van der Waals surface area contributed by atoms with Gasteiger partial charge in [-0.05, 0) is 12.0 Å². The summed E-state index contributed by atoms with van der Waals surface area (Å²) >= 11 is 0. The number of ether oxygens (including phenoxy) is 3. The van der Waals surface area contributed by atoms with Crippen LogP contribution >= 0.6 is 0 Å². The molecule has 7 heteroatoms. The van der Waals surface area contributed by atoms with Crippen LogP contribution in [0.2, 0.25) is 0 Å². The van der Waals surface area contributed by atoms with E-state index in [0.717, 1.165) is 5.56 Å². The minimum atomic E-state index is -1.03. The summed E-state index contributed by atoms with van der Waals surface area (Å²) in [6.45, 7) is 7.03. The summed E-state index contributed by atoms with van der Waals surface area (Å²) in [5.74, 6) is -1.19. The van der Waals surface area contributed by atoms with Crippen LogP contribution in [0.25, 0.3) is 0 Å². The molecule has 0 radical (unpaired) electrons. The number of carbonyl (C=O) groups is 3. The molecule has 26 heavy (non-hydrogen) atoms. The largest absolute Gasteiger partial charge is 0.461 e. The fourth-order valence-corrected chi connectivity index (χ4v) is 1.88. The second kappa shape index (κ2) is 12.3. The molecule has 1 aromatic carbocycles. The quantitative estimate of drug-likeness (QED) is 0.370. The maximum atomic E-state index is 12.0. The SMILES string of the molecule is C=CCOC(=O)CC[C@H](NC(=O)OCc1ccccc1)C(=O)OCC=C. The van der Waals surface area contributed by atoms with Crippen molar-refractivity contribution in [2.45, 2.75) is 25.5 Å². The highest BCUT2D eigenvalue weighted by Gasteiger charge is 2.24. The molecule has 140 valence electrons. The molecule has 1 aromatic rings. The average molecular weight is 361 g/mol. The predicted molar refractivity (Wildman–Crippen MR) is 95.1 cm³/mol. The standard InChI is InChI=1S/C19H23NO6/c1-3-12-24-17(21)11-10-16(18(22)25-13-4-2)20-19(23)26-14-15-8-6-5-7-9-15/h3-9,16H,1-2,10-14H2,(H,20,23)/t16-/m0/s1. The van der Waals surface area contributed by atoms with Crippen molar-refractivity contribution in [3.05, 3.63) is 61.2 Å². The molecule has 0 saturated carbocycles. The molecule has 0 aliphatic heterocycles. The molecular weight excluding hydrogens is 338 g/mol. The van der Waals surface area contributed by atoms with Crippen LogP contribution in [0.1, 0.15) is 18.4 Å². The minimum Gasteiger partial charge on any atom is -0.461 e. The minimum absolute atomic E-state index is 0.00299. The molecule has 0 saturated heterocycles. The molecule has 0 aliphatic rings. The Labute approximate surface area is 152 Å². The van der Waals surface area contributed by atoms with E-state index in [0.29, 0.717) is 0 Å². The van der Waals surface area contributed by atoms with Crippen molar-refractivity contribution in [1.82, 2.24) is 5.32 Å². The summed E-state index contributed by atoms with van der Waals surface area (Å²) in [4.78, 5) is 35.5. The van der Waals surface area contributed by atoms with Crippen LogP contribution in [0.5, 0.6) is 0 Å². The number of benzene rings is 1. The third-order valence-electron chi connectivity index (χ3n) is 3.13. The number of nitrogens with one attached hydrogen (secondary N) is 1. The Bertz CT molecular complexity index is 614. The van der Waals surface area contributed by atoms with E-state index in [-0.39, 0.29) is 32.7 Å². The van der Waals surface area contributed by atoms with Crippen LogP contribution in [0.3, 0.4) is 0 Å². The third kappa shape index (κ3) is 8.68. The smallest absolute Gasteiger partial charge is 0.408 e. The first-order valence-electron chi connectivity index (χ1n) is 8.08. The zero-order valence-corrected chi connectivity index (χ0v) is 14.5. The van der Waals surface area contributed by atoms with Crippen LogP contribution in [0.15, 0.2) is 55.6 Å². The number of hydrogen-bond acceptors (Lipinski definition) is 6. The second-order valence-corrected chi connectivity index (χ2v) is 5.19. The van der Waals surface area contributed by atoms with E-state index in [1.54, 1.807) is 12.1 Å². The van der Waals surface area contributed by atoms with Crippen LogP contribution in [-0.2, 0) is 30.4 Å². The van der Waals surface area contributed by atoms with Gasteiger partial charge in [-0.25, -0.2) is 9.59 Å². The van der Waals surface area contributed by atoms with Crippen molar-refractivity contribution in [2.75, 3.05) is 13.2 Å². The Hall–Kier alpha value is -3.09. The van der Waals surface area contributed by atoms with Crippen molar-refractivity contribution in [3.63, 3.8) is 0 Å². The molecule has 0 fully saturated rings. The van der Waals surface area contributed by atoms with Crippen molar-refractivity contribution >= 4 is 18.0 Å². The lowest BCUT2D eigenvalue weighted by Gasteiger charge is -2.17. The topological polar surface area (TPSA) is 90.9 Å². The lowest BCUT2D eigenvalue weighted by molar-refractivity contribution is -0.146. The van der Waals surface area contributed by atoms with Gasteiger partial charge in [-0.2, -0.15) is 0 Å². The highest BCUT2D eigenvalue weighted by atomic mass is 16.6. The Morgan fingerprint density at radius 2 is 1.65 bits per heavy atom. The predicted octanol–water partition coefficient (Wildman–Crippen LogP) is 2.52. The Morgan fingerprint density at radius 3 is 2.31 bits per heavy atom. The van der Waals surface area contributed by atoms with Crippen LogP contribution < -0.4 is 5.32 Å². The summed E-state index contributed by atoms with van der Waals surface area (Å²) in [5.41, 5.74) is 0.807. The fraction of sp³-hybridized carbons (Fsp3) is 0.316. The van der Waals surface area contributed by atoms with Gasteiger partial charge in [0, 0.05) is 6.42 Å². The molecule has 0 heterocycles. The monoisotopic (exact) mass is 361 g/mol. The van der Waals surface area contributed by atoms with E-state index >= 15 is 0 Å². The molecule has 0 spiro atoms. The van der Waals surface area contributed by atoms with Gasteiger partial charge in [0.15, 0.2) is 0 Å². The normalized spacial score (nSPS) is 10.9. The van der Waals surface area contributed by atoms with E-state index in [2.05, 4.69) is 18.5 Å². The zero-order valence-electron chi connectivity index (χ0n) is 14.5. The highest BCUT2D eigenvalue weighted by Crippen LogP contribution is 2.05. The fourth-order valence-electron chi connectivity index (χ4n) is 1.88. The Balaban J connectivity index is 2.54. The van der Waals surface area contributed by atoms with Gasteiger partial charge in [-0.15, -0.1) is 0 Å². The summed E-state index contributed by atoms with van der Waals surface area (Å²) < 4.78 is 14.9. The molecule has 0 bridgehead atoms. The highest BCUT2D eigenvalue weighted by molar-refractivity contribution is 5.82. The molecule has 1 amide bonds. The first-order valence-corrected chi connectivity index (χ1v) is 8.08. The average Bonchev–Trinajstić information content (AvgIpc) is 2.66. The molecule has 1 atom stereocenters. The van der Waals surface area contributed by atoms with E-state index in [9.17, 15) is 14.4 Å². The number of hydrogen-bond donors (Lipinski definition) is 1. The molecule has 0 aromatic heterocycles. The van der Waals surface area contributed by atoms with Gasteiger partial charge >= 0.3 is 18.0 Å². The van der Waals surface area contributed by atoms with E-state index in [1.807, 2.05) is 18.2 Å². The van der Waals surface area contributed by atoms with Crippen LogP contribution in [0.4, 0.5) is 4.79 Å². The van der Waals surface area contributed by atoms with Gasteiger partial charge in [-0.3, -0.25) is 4.79 Å². The van der Waals surface area contributed by atoms with Gasteiger partial charge in [0.05, 0.1) is 0 Å². The Kier molecular flexibility index (Phi) is 9.91. The molecule has 0 aliphatic carbocycles. The van der Waals surface area contributed by atoms with Crippen molar-refractivity contribution in [1.29, 1.82) is 0 Å². The number of carbonyl (C=O) groups excluding carboxylic acids is 3. The number of amides is 1. The number of esters is 2. The zero-order chi connectivity index (χ0) is 19.2. The van der Waals surface area contributed by atoms with Gasteiger partial charge < -0.3 is 19.5 Å². The molecule has 0 unspecified atom stereocenters. The lowest BCUT2D eigenvalue weighted by Crippen LogP contribution is -2.42. The van der Waals surface area contributed by atoms with E-state index < -0.39 is 24.1 Å². The van der Waals surface area contributed by atoms with Gasteiger partial charge in [0.2, 0.25) is 0 Å². The van der Waals surface area contributed by atoms with Crippen molar-refractivity contribution in [3.8, 4) is 0 Å². The third-order valence-corrected chi connectivity index (χ3v) is 3.13. The summed E-state index contributed by atoms with van der Waals surface area (Å²) in [7, 11) is 0. The molecule has 1 rings (SSSR count). The van der Waals surface area contributed by atoms with E-state index in [4.69, 9.17) is 14.2 Å². The summed E-state index contributed by atoms with van der Waals surface area (Å²) in [5, 5.41) is 2.41.